The number of nitrogens with one attached hydrogen (secondary N) is 1. The number of Topliss-reactive ketones (excluding diaryl/α,β-unsaturated/α-hetero) is 1. The lowest BCUT2D eigenvalue weighted by Crippen LogP contribution is -2.42. The summed E-state index contributed by atoms with van der Waals surface area (Å²) in [4.78, 5) is 30.3. The lowest BCUT2D eigenvalue weighted by molar-refractivity contribution is -0.121. The molecule has 42 heavy (non-hydrogen) atoms. The van der Waals surface area contributed by atoms with E-state index in [-0.39, 0.29) is 37.7 Å². The number of aromatic amines is 1. The molecule has 2 heterocycles. The Morgan fingerprint density at radius 3 is 2.40 bits per heavy atom. The zero-order valence-electron chi connectivity index (χ0n) is 24.4. The van der Waals surface area contributed by atoms with Gasteiger partial charge in [-0.2, -0.15) is 0 Å². The van der Waals surface area contributed by atoms with Crippen LogP contribution in [-0.4, -0.2) is 73.1 Å². The summed E-state index contributed by atoms with van der Waals surface area (Å²) in [6.07, 6.45) is -0.0998. The molecule has 4 aromatic rings. The SMILES string of the molecule is COc1cc2cc(C(=O)N3CC(O)Cc4c3cc(OCCC(C)(O)CC(C)=O)c3ccccc43)[nH]c2c(OC)c1OC. The molecule has 0 saturated carbocycles. The quantitative estimate of drug-likeness (QED) is 0.253. The minimum atomic E-state index is -1.19. The van der Waals surface area contributed by atoms with Gasteiger partial charge in [0.05, 0.1) is 57.4 Å². The third-order valence-electron chi connectivity index (χ3n) is 7.64. The van der Waals surface area contributed by atoms with Crippen molar-refractivity contribution in [2.45, 2.75) is 44.8 Å². The molecule has 0 fully saturated rings. The van der Waals surface area contributed by atoms with E-state index in [9.17, 15) is 19.8 Å². The minimum absolute atomic E-state index is 0.0362. The molecular weight excluding hydrogens is 540 g/mol. The summed E-state index contributed by atoms with van der Waals surface area (Å²) in [6, 6.07) is 13.0. The molecule has 1 aliphatic heterocycles. The van der Waals surface area contributed by atoms with Crippen molar-refractivity contribution in [2.24, 2.45) is 0 Å². The molecule has 10 nitrogen and oxygen atoms in total. The molecular formula is C32H36N2O8. The fraction of sp³-hybridized carbons (Fsp3) is 0.375. The van der Waals surface area contributed by atoms with E-state index in [1.54, 1.807) is 24.0 Å². The van der Waals surface area contributed by atoms with E-state index in [4.69, 9.17) is 18.9 Å². The second kappa shape index (κ2) is 11.5. The predicted molar refractivity (Wildman–Crippen MR) is 159 cm³/mol. The number of methoxy groups -OCH3 is 3. The van der Waals surface area contributed by atoms with Crippen molar-refractivity contribution in [1.29, 1.82) is 0 Å². The van der Waals surface area contributed by atoms with E-state index in [0.717, 1.165) is 16.3 Å². The first kappa shape index (κ1) is 29.2. The molecule has 0 bridgehead atoms. The second-order valence-electron chi connectivity index (χ2n) is 11.0. The van der Waals surface area contributed by atoms with Crippen LogP contribution in [0.5, 0.6) is 23.0 Å². The highest BCUT2D eigenvalue weighted by Crippen LogP contribution is 2.44. The van der Waals surface area contributed by atoms with Crippen molar-refractivity contribution in [2.75, 3.05) is 39.4 Å². The highest BCUT2D eigenvalue weighted by atomic mass is 16.5. The number of benzene rings is 3. The number of ketones is 1. The highest BCUT2D eigenvalue weighted by Gasteiger charge is 2.32. The Bertz CT molecular complexity index is 1660. The van der Waals surface area contributed by atoms with Gasteiger partial charge in [0.25, 0.3) is 5.91 Å². The van der Waals surface area contributed by atoms with Crippen LogP contribution in [0.15, 0.2) is 42.5 Å². The van der Waals surface area contributed by atoms with Gasteiger partial charge in [-0.25, -0.2) is 0 Å². The molecule has 222 valence electrons. The average molecular weight is 577 g/mol. The standard InChI is InChI=1S/C32H36N2O8/c1-18(35)16-32(2,38)10-11-42-26-15-25-23(21-8-6-7-9-22(21)26)14-20(36)17-34(25)31(37)24-12-19-13-27(39-3)29(40-4)30(41-5)28(19)33-24/h6-9,12-13,15,20,33,36,38H,10-11,14,16-17H2,1-5H3. The van der Waals surface area contributed by atoms with Crippen molar-refractivity contribution in [1.82, 2.24) is 4.98 Å². The molecule has 0 spiro atoms. The number of hydrogen-bond acceptors (Lipinski definition) is 8. The Balaban J connectivity index is 1.55. The fourth-order valence-corrected chi connectivity index (χ4v) is 5.77. The molecule has 2 atom stereocenters. The van der Waals surface area contributed by atoms with Crippen LogP contribution < -0.4 is 23.8 Å². The monoisotopic (exact) mass is 576 g/mol. The molecule has 1 aromatic heterocycles. The number of fused-ring (bicyclic) bond motifs is 4. The number of hydrogen-bond donors (Lipinski definition) is 3. The van der Waals surface area contributed by atoms with E-state index in [2.05, 4.69) is 4.98 Å². The first-order valence-electron chi connectivity index (χ1n) is 13.8. The number of nitrogens with zero attached hydrogens (tertiary/aromatic N) is 1. The fourth-order valence-electron chi connectivity index (χ4n) is 5.77. The molecule has 2 unspecified atom stereocenters. The van der Waals surface area contributed by atoms with Gasteiger partial charge in [-0.05, 0) is 36.9 Å². The van der Waals surface area contributed by atoms with Gasteiger partial charge in [0, 0.05) is 36.1 Å². The third kappa shape index (κ3) is 5.47. The largest absolute Gasteiger partial charge is 0.493 e. The van der Waals surface area contributed by atoms with E-state index in [1.165, 1.54) is 28.3 Å². The van der Waals surface area contributed by atoms with Gasteiger partial charge in [-0.3, -0.25) is 9.59 Å². The molecule has 5 rings (SSSR count). The van der Waals surface area contributed by atoms with Gasteiger partial charge in [0.2, 0.25) is 5.75 Å². The van der Waals surface area contributed by atoms with E-state index in [0.29, 0.717) is 51.7 Å². The number of aliphatic hydroxyl groups is 2. The van der Waals surface area contributed by atoms with Crippen LogP contribution in [-0.2, 0) is 11.2 Å². The van der Waals surface area contributed by atoms with Crippen molar-refractivity contribution in [3.63, 3.8) is 0 Å². The van der Waals surface area contributed by atoms with E-state index in [1.807, 2.05) is 30.3 Å². The minimum Gasteiger partial charge on any atom is -0.493 e. The van der Waals surface area contributed by atoms with Crippen molar-refractivity contribution >= 4 is 39.1 Å². The smallest absolute Gasteiger partial charge is 0.274 e. The molecule has 10 heteroatoms. The summed E-state index contributed by atoms with van der Waals surface area (Å²) in [5, 5.41) is 23.9. The number of rotatable bonds is 10. The van der Waals surface area contributed by atoms with Gasteiger partial charge in [-0.1, -0.05) is 24.3 Å². The van der Waals surface area contributed by atoms with Crippen LogP contribution in [0.1, 0.15) is 42.7 Å². The number of carbonyl (C=O) groups excluding carboxylic acids is 2. The number of amides is 1. The molecule has 0 saturated heterocycles. The maximum absolute atomic E-state index is 14.1. The summed E-state index contributed by atoms with van der Waals surface area (Å²) in [7, 11) is 4.56. The van der Waals surface area contributed by atoms with E-state index >= 15 is 0 Å². The van der Waals surface area contributed by atoms with Gasteiger partial charge in [0.15, 0.2) is 11.5 Å². The lowest BCUT2D eigenvalue weighted by Gasteiger charge is -2.33. The summed E-state index contributed by atoms with van der Waals surface area (Å²) in [6.45, 7) is 3.33. The maximum Gasteiger partial charge on any atom is 0.274 e. The van der Waals surface area contributed by atoms with Gasteiger partial charge in [0.1, 0.15) is 17.2 Å². The number of anilines is 1. The van der Waals surface area contributed by atoms with Crippen LogP contribution in [0.2, 0.25) is 0 Å². The summed E-state index contributed by atoms with van der Waals surface area (Å²) < 4.78 is 22.7. The molecule has 0 aliphatic carbocycles. The zero-order valence-corrected chi connectivity index (χ0v) is 24.4. The predicted octanol–water partition coefficient (Wildman–Crippen LogP) is 4.41. The summed E-state index contributed by atoms with van der Waals surface area (Å²) >= 11 is 0. The van der Waals surface area contributed by atoms with Gasteiger partial charge >= 0.3 is 0 Å². The van der Waals surface area contributed by atoms with Crippen LogP contribution in [0, 0.1) is 0 Å². The summed E-state index contributed by atoms with van der Waals surface area (Å²) in [5.41, 5.74) is 1.16. The topological polar surface area (TPSA) is 131 Å². The van der Waals surface area contributed by atoms with E-state index < -0.39 is 11.7 Å². The molecule has 1 aliphatic rings. The lowest BCUT2D eigenvalue weighted by atomic mass is 9.92. The summed E-state index contributed by atoms with van der Waals surface area (Å²) in [5.74, 6) is 1.39. The number of aliphatic hydroxyl groups excluding tert-OH is 1. The Morgan fingerprint density at radius 2 is 1.74 bits per heavy atom. The van der Waals surface area contributed by atoms with Gasteiger partial charge in [-0.15, -0.1) is 0 Å². The Hall–Kier alpha value is -4.28. The Morgan fingerprint density at radius 1 is 1.02 bits per heavy atom. The number of ether oxygens (including phenoxy) is 4. The highest BCUT2D eigenvalue weighted by molar-refractivity contribution is 6.11. The third-order valence-corrected chi connectivity index (χ3v) is 7.64. The maximum atomic E-state index is 14.1. The first-order chi connectivity index (χ1) is 20.1. The van der Waals surface area contributed by atoms with Crippen LogP contribution >= 0.6 is 0 Å². The number of β-amino-alcohol motifs (C(OH)–C–C–N with tert-alkyl or cyclic N) is 1. The molecule has 1 amide bonds. The first-order valence-corrected chi connectivity index (χ1v) is 13.8. The number of carbonyl (C=O) groups is 2. The Kier molecular flexibility index (Phi) is 8.03. The Labute approximate surface area is 243 Å². The van der Waals surface area contributed by atoms with Crippen LogP contribution in [0.25, 0.3) is 21.7 Å². The van der Waals surface area contributed by atoms with Crippen molar-refractivity contribution in [3.05, 3.63) is 53.7 Å². The molecule has 3 N–H and O–H groups in total. The normalized spacial score (nSPS) is 16.2. The average Bonchev–Trinajstić information content (AvgIpc) is 3.38. The van der Waals surface area contributed by atoms with Crippen LogP contribution in [0.4, 0.5) is 5.69 Å². The number of H-pyrrole nitrogens is 1. The van der Waals surface area contributed by atoms with Crippen molar-refractivity contribution < 1.29 is 38.7 Å². The zero-order chi connectivity index (χ0) is 30.2. The van der Waals surface area contributed by atoms with Gasteiger partial charge < -0.3 is 39.0 Å². The number of aromatic nitrogens is 1. The molecule has 0 radical (unpaired) electrons. The van der Waals surface area contributed by atoms with Crippen molar-refractivity contribution in [3.8, 4) is 23.0 Å². The second-order valence-corrected chi connectivity index (χ2v) is 11.0. The van der Waals surface area contributed by atoms with Crippen LogP contribution in [0.3, 0.4) is 0 Å². The molecule has 3 aromatic carbocycles.